The summed E-state index contributed by atoms with van der Waals surface area (Å²) in [6.07, 6.45) is 5.16. The maximum atomic E-state index is 4.67. The second-order valence-corrected chi connectivity index (χ2v) is 6.84. The van der Waals surface area contributed by atoms with E-state index in [1.54, 1.807) is 0 Å². The van der Waals surface area contributed by atoms with Crippen LogP contribution < -0.4 is 5.32 Å². The van der Waals surface area contributed by atoms with Crippen LogP contribution in [0.2, 0.25) is 0 Å². The number of hydrogen-bond donors (Lipinski definition) is 1. The molecule has 0 radical (unpaired) electrons. The Labute approximate surface area is 117 Å². The lowest BCUT2D eigenvalue weighted by molar-refractivity contribution is 0.216. The molecule has 1 saturated carbocycles. The summed E-state index contributed by atoms with van der Waals surface area (Å²) in [6.45, 7) is 11.1. The molecule has 19 heavy (non-hydrogen) atoms. The summed E-state index contributed by atoms with van der Waals surface area (Å²) in [4.78, 5) is 9.22. The average molecular weight is 261 g/mol. The molecule has 1 atom stereocenters. The number of nitrogens with one attached hydrogen (secondary N) is 1. The molecule has 0 aromatic carbocycles. The summed E-state index contributed by atoms with van der Waals surface area (Å²) < 4.78 is 0. The van der Waals surface area contributed by atoms with E-state index in [1.807, 2.05) is 6.92 Å². The highest BCUT2D eigenvalue weighted by Gasteiger charge is 2.32. The number of anilines is 1. The molecule has 1 N–H and O–H groups in total. The fourth-order valence-corrected chi connectivity index (χ4v) is 2.87. The molecule has 0 bridgehead atoms. The Kier molecular flexibility index (Phi) is 4.12. The van der Waals surface area contributed by atoms with Crippen LogP contribution in [-0.4, -0.2) is 16.0 Å². The molecule has 1 aliphatic carbocycles. The Bertz CT molecular complexity index is 438. The number of hydrogen-bond acceptors (Lipinski definition) is 3. The zero-order chi connectivity index (χ0) is 14.0. The summed E-state index contributed by atoms with van der Waals surface area (Å²) >= 11 is 0. The standard InChI is InChI=1S/C16H27N3/c1-11(2)13-10-12(3)17-15(18-13)19-14-8-6-7-9-16(14,4)5/h10-11,14H,6-9H2,1-5H3,(H,17,18,19). The Balaban J connectivity index is 2.18. The van der Waals surface area contributed by atoms with Crippen LogP contribution in [0.5, 0.6) is 0 Å². The van der Waals surface area contributed by atoms with Crippen molar-refractivity contribution < 1.29 is 0 Å². The van der Waals surface area contributed by atoms with Crippen molar-refractivity contribution in [2.45, 2.75) is 72.3 Å². The third kappa shape index (κ3) is 3.46. The highest BCUT2D eigenvalue weighted by atomic mass is 15.1. The first-order chi connectivity index (χ1) is 8.88. The number of rotatable bonds is 3. The molecule has 106 valence electrons. The molecule has 3 heteroatoms. The monoisotopic (exact) mass is 261 g/mol. The van der Waals surface area contributed by atoms with Crippen molar-refractivity contribution in [2.75, 3.05) is 5.32 Å². The maximum Gasteiger partial charge on any atom is 0.223 e. The zero-order valence-corrected chi connectivity index (χ0v) is 13.0. The highest BCUT2D eigenvalue weighted by molar-refractivity contribution is 5.31. The van der Waals surface area contributed by atoms with E-state index in [0.717, 1.165) is 17.3 Å². The van der Waals surface area contributed by atoms with Crippen molar-refractivity contribution in [3.63, 3.8) is 0 Å². The molecule has 0 aliphatic heterocycles. The second kappa shape index (κ2) is 5.48. The minimum atomic E-state index is 0.337. The van der Waals surface area contributed by atoms with Crippen molar-refractivity contribution in [3.8, 4) is 0 Å². The SMILES string of the molecule is Cc1cc(C(C)C)nc(NC2CCCCC2(C)C)n1. The van der Waals surface area contributed by atoms with E-state index in [-0.39, 0.29) is 0 Å². The van der Waals surface area contributed by atoms with Gasteiger partial charge in [-0.3, -0.25) is 0 Å². The molecule has 1 aromatic heterocycles. The Morgan fingerprint density at radius 1 is 1.26 bits per heavy atom. The van der Waals surface area contributed by atoms with Crippen LogP contribution in [0.1, 0.15) is 70.7 Å². The van der Waals surface area contributed by atoms with Gasteiger partial charge in [0.2, 0.25) is 5.95 Å². The molecule has 1 aliphatic rings. The van der Waals surface area contributed by atoms with Gasteiger partial charge in [0.1, 0.15) is 0 Å². The average Bonchev–Trinajstić information content (AvgIpc) is 2.31. The van der Waals surface area contributed by atoms with Crippen molar-refractivity contribution in [2.24, 2.45) is 5.41 Å². The van der Waals surface area contributed by atoms with Gasteiger partial charge in [-0.2, -0.15) is 0 Å². The molecule has 0 saturated heterocycles. The van der Waals surface area contributed by atoms with E-state index in [0.29, 0.717) is 17.4 Å². The maximum absolute atomic E-state index is 4.67. The third-order valence-electron chi connectivity index (χ3n) is 4.28. The molecule has 1 fully saturated rings. The van der Waals surface area contributed by atoms with Crippen molar-refractivity contribution >= 4 is 5.95 Å². The van der Waals surface area contributed by atoms with Crippen molar-refractivity contribution in [1.82, 2.24) is 9.97 Å². The molecule has 0 amide bonds. The lowest BCUT2D eigenvalue weighted by atomic mass is 9.73. The van der Waals surface area contributed by atoms with Crippen LogP contribution in [0.4, 0.5) is 5.95 Å². The van der Waals surface area contributed by atoms with E-state index >= 15 is 0 Å². The van der Waals surface area contributed by atoms with Gasteiger partial charge in [0.25, 0.3) is 0 Å². The van der Waals surface area contributed by atoms with Gasteiger partial charge in [-0.1, -0.05) is 40.5 Å². The lowest BCUT2D eigenvalue weighted by Crippen LogP contribution is -2.39. The Morgan fingerprint density at radius 2 is 2.00 bits per heavy atom. The first kappa shape index (κ1) is 14.3. The van der Waals surface area contributed by atoms with Crippen molar-refractivity contribution in [3.05, 3.63) is 17.5 Å². The summed E-state index contributed by atoms with van der Waals surface area (Å²) in [5.74, 6) is 1.25. The van der Waals surface area contributed by atoms with Gasteiger partial charge in [-0.05, 0) is 37.2 Å². The van der Waals surface area contributed by atoms with Gasteiger partial charge in [0, 0.05) is 17.4 Å². The van der Waals surface area contributed by atoms with E-state index < -0.39 is 0 Å². The summed E-state index contributed by atoms with van der Waals surface area (Å²) in [5, 5.41) is 3.58. The van der Waals surface area contributed by atoms with Gasteiger partial charge < -0.3 is 5.32 Å². The van der Waals surface area contributed by atoms with Crippen LogP contribution in [0, 0.1) is 12.3 Å². The van der Waals surface area contributed by atoms with Gasteiger partial charge in [0.15, 0.2) is 0 Å². The summed E-state index contributed by atoms with van der Waals surface area (Å²) in [7, 11) is 0. The minimum Gasteiger partial charge on any atom is -0.351 e. The summed E-state index contributed by atoms with van der Waals surface area (Å²) in [5.41, 5.74) is 2.52. The zero-order valence-electron chi connectivity index (χ0n) is 13.0. The predicted octanol–water partition coefficient (Wildman–Crippen LogP) is 4.29. The van der Waals surface area contributed by atoms with E-state index in [4.69, 9.17) is 0 Å². The van der Waals surface area contributed by atoms with Crippen LogP contribution in [0.15, 0.2) is 6.07 Å². The van der Waals surface area contributed by atoms with Crippen LogP contribution in [0.25, 0.3) is 0 Å². The molecule has 1 aromatic rings. The molecule has 3 nitrogen and oxygen atoms in total. The van der Waals surface area contributed by atoms with Gasteiger partial charge in [0.05, 0.1) is 0 Å². The number of aromatic nitrogens is 2. The molecular weight excluding hydrogens is 234 g/mol. The summed E-state index contributed by atoms with van der Waals surface area (Å²) in [6, 6.07) is 2.57. The first-order valence-electron chi connectivity index (χ1n) is 7.50. The van der Waals surface area contributed by atoms with Gasteiger partial charge in [-0.15, -0.1) is 0 Å². The van der Waals surface area contributed by atoms with Gasteiger partial charge >= 0.3 is 0 Å². The number of nitrogens with zero attached hydrogens (tertiary/aromatic N) is 2. The first-order valence-corrected chi connectivity index (χ1v) is 7.50. The number of aryl methyl sites for hydroxylation is 1. The fraction of sp³-hybridized carbons (Fsp3) is 0.750. The van der Waals surface area contributed by atoms with Gasteiger partial charge in [-0.25, -0.2) is 9.97 Å². The van der Waals surface area contributed by atoms with E-state index in [2.05, 4.69) is 49.0 Å². The minimum absolute atomic E-state index is 0.337. The quantitative estimate of drug-likeness (QED) is 0.882. The van der Waals surface area contributed by atoms with E-state index in [1.165, 1.54) is 25.7 Å². The predicted molar refractivity (Wildman–Crippen MR) is 80.5 cm³/mol. The second-order valence-electron chi connectivity index (χ2n) is 6.84. The Morgan fingerprint density at radius 3 is 2.63 bits per heavy atom. The molecule has 2 rings (SSSR count). The molecule has 0 spiro atoms. The van der Waals surface area contributed by atoms with Crippen LogP contribution in [-0.2, 0) is 0 Å². The van der Waals surface area contributed by atoms with Crippen LogP contribution in [0.3, 0.4) is 0 Å². The lowest BCUT2D eigenvalue weighted by Gasteiger charge is -2.39. The highest BCUT2D eigenvalue weighted by Crippen LogP contribution is 2.36. The Hall–Kier alpha value is -1.12. The largest absolute Gasteiger partial charge is 0.351 e. The fourth-order valence-electron chi connectivity index (χ4n) is 2.87. The van der Waals surface area contributed by atoms with Crippen LogP contribution >= 0.6 is 0 Å². The molecule has 1 unspecified atom stereocenters. The normalized spacial score (nSPS) is 22.5. The molecular formula is C16H27N3. The van der Waals surface area contributed by atoms with Crippen molar-refractivity contribution in [1.29, 1.82) is 0 Å². The molecule has 1 heterocycles. The third-order valence-corrected chi connectivity index (χ3v) is 4.28. The smallest absolute Gasteiger partial charge is 0.223 e. The topological polar surface area (TPSA) is 37.8 Å². The van der Waals surface area contributed by atoms with E-state index in [9.17, 15) is 0 Å².